The fourth-order valence-electron chi connectivity index (χ4n) is 1.17. The molecule has 0 aromatic carbocycles. The first-order valence-electron chi connectivity index (χ1n) is 4.07. The average molecular weight is 263 g/mol. The van der Waals surface area contributed by atoms with Gasteiger partial charge in [0.15, 0.2) is 5.65 Å². The molecule has 0 aliphatic rings. The van der Waals surface area contributed by atoms with E-state index in [4.69, 9.17) is 40.5 Å². The Morgan fingerprint density at radius 1 is 1.00 bits per heavy atom. The second-order valence-corrected chi connectivity index (χ2v) is 5.26. The predicted octanol–water partition coefficient (Wildman–Crippen LogP) is 3.04. The van der Waals surface area contributed by atoms with Gasteiger partial charge in [-0.3, -0.25) is 0 Å². The van der Waals surface area contributed by atoms with Crippen LogP contribution in [0.5, 0.6) is 0 Å². The number of anilines is 1. The van der Waals surface area contributed by atoms with Gasteiger partial charge in [0, 0.05) is 5.39 Å². The Hall–Kier alpha value is -0.770. The van der Waals surface area contributed by atoms with Gasteiger partial charge in [-0.15, -0.1) is 0 Å². The van der Waals surface area contributed by atoms with Crippen LogP contribution in [0.15, 0.2) is 24.3 Å². The SMILES string of the molecule is Nc1ccc2ccc(C(Cl)(Cl)Cl)nc2n1. The number of hydrogen-bond donors (Lipinski definition) is 1. The highest BCUT2D eigenvalue weighted by atomic mass is 35.6. The van der Waals surface area contributed by atoms with Gasteiger partial charge in [-0.25, -0.2) is 9.97 Å². The summed E-state index contributed by atoms with van der Waals surface area (Å²) < 4.78 is -1.54. The average Bonchev–Trinajstić information content (AvgIpc) is 2.15. The molecule has 0 saturated carbocycles. The van der Waals surface area contributed by atoms with Crippen molar-refractivity contribution in [3.63, 3.8) is 0 Å². The van der Waals surface area contributed by atoms with E-state index in [0.29, 0.717) is 17.2 Å². The quantitative estimate of drug-likeness (QED) is 0.743. The fourth-order valence-corrected chi connectivity index (χ4v) is 1.49. The van der Waals surface area contributed by atoms with Crippen molar-refractivity contribution in [1.82, 2.24) is 9.97 Å². The minimum absolute atomic E-state index is 0.332. The number of aromatic nitrogens is 2. The van der Waals surface area contributed by atoms with Crippen molar-refractivity contribution in [2.45, 2.75) is 3.79 Å². The molecule has 2 rings (SSSR count). The van der Waals surface area contributed by atoms with E-state index in [1.54, 1.807) is 18.2 Å². The Morgan fingerprint density at radius 2 is 1.67 bits per heavy atom. The Kier molecular flexibility index (Phi) is 2.63. The van der Waals surface area contributed by atoms with Gasteiger partial charge in [0.2, 0.25) is 3.79 Å². The molecule has 78 valence electrons. The third kappa shape index (κ3) is 2.25. The van der Waals surface area contributed by atoms with E-state index < -0.39 is 3.79 Å². The first-order chi connectivity index (χ1) is 6.97. The highest BCUT2D eigenvalue weighted by Gasteiger charge is 2.24. The van der Waals surface area contributed by atoms with Gasteiger partial charge < -0.3 is 5.73 Å². The topological polar surface area (TPSA) is 51.8 Å². The summed E-state index contributed by atoms with van der Waals surface area (Å²) in [6.07, 6.45) is 0. The lowest BCUT2D eigenvalue weighted by Gasteiger charge is -2.10. The highest BCUT2D eigenvalue weighted by Crippen LogP contribution is 2.37. The molecule has 0 spiro atoms. The molecule has 0 aliphatic carbocycles. The first-order valence-corrected chi connectivity index (χ1v) is 5.21. The van der Waals surface area contributed by atoms with Gasteiger partial charge in [-0.1, -0.05) is 34.8 Å². The minimum atomic E-state index is -1.54. The molecule has 0 fully saturated rings. The van der Waals surface area contributed by atoms with E-state index in [1.807, 2.05) is 6.07 Å². The maximum Gasteiger partial charge on any atom is 0.232 e. The summed E-state index contributed by atoms with van der Waals surface area (Å²) >= 11 is 17.1. The second-order valence-electron chi connectivity index (χ2n) is 2.98. The Balaban J connectivity index is 2.64. The molecule has 0 unspecified atom stereocenters. The van der Waals surface area contributed by atoms with Gasteiger partial charge in [0.05, 0.1) is 5.69 Å². The molecule has 2 N–H and O–H groups in total. The van der Waals surface area contributed by atoms with Crippen LogP contribution in [0.4, 0.5) is 5.82 Å². The van der Waals surface area contributed by atoms with E-state index in [0.717, 1.165) is 5.39 Å². The molecule has 15 heavy (non-hydrogen) atoms. The highest BCUT2D eigenvalue weighted by molar-refractivity contribution is 6.66. The number of nitrogens with two attached hydrogens (primary N) is 1. The number of fused-ring (bicyclic) bond motifs is 1. The largest absolute Gasteiger partial charge is 0.384 e. The Bertz CT molecular complexity index is 507. The summed E-state index contributed by atoms with van der Waals surface area (Å²) in [5.41, 5.74) is 6.34. The Morgan fingerprint density at radius 3 is 2.33 bits per heavy atom. The third-order valence-electron chi connectivity index (χ3n) is 1.86. The molecule has 0 radical (unpaired) electrons. The van der Waals surface area contributed by atoms with Crippen molar-refractivity contribution < 1.29 is 0 Å². The summed E-state index contributed by atoms with van der Waals surface area (Å²) in [5, 5.41) is 0.849. The summed E-state index contributed by atoms with van der Waals surface area (Å²) in [7, 11) is 0. The molecule has 0 amide bonds. The minimum Gasteiger partial charge on any atom is -0.384 e. The third-order valence-corrected chi connectivity index (χ3v) is 2.45. The number of halogens is 3. The van der Waals surface area contributed by atoms with Crippen LogP contribution < -0.4 is 5.73 Å². The number of nitrogen functional groups attached to an aromatic ring is 1. The molecule has 6 heteroatoms. The van der Waals surface area contributed by atoms with Crippen LogP contribution in [0, 0.1) is 0 Å². The Labute approximate surface area is 101 Å². The zero-order chi connectivity index (χ0) is 11.1. The second kappa shape index (κ2) is 3.67. The molecule has 3 nitrogen and oxygen atoms in total. The van der Waals surface area contributed by atoms with Crippen molar-refractivity contribution in [1.29, 1.82) is 0 Å². The number of nitrogens with zero attached hydrogens (tertiary/aromatic N) is 2. The zero-order valence-corrected chi connectivity index (χ0v) is 9.68. The monoisotopic (exact) mass is 261 g/mol. The smallest absolute Gasteiger partial charge is 0.232 e. The fraction of sp³-hybridized carbons (Fsp3) is 0.111. The van der Waals surface area contributed by atoms with E-state index in [9.17, 15) is 0 Å². The molecular weight excluding hydrogens is 256 g/mol. The lowest BCUT2D eigenvalue weighted by Crippen LogP contribution is -2.04. The predicted molar refractivity (Wildman–Crippen MR) is 63.2 cm³/mol. The molecule has 2 heterocycles. The van der Waals surface area contributed by atoms with Gasteiger partial charge in [-0.05, 0) is 24.3 Å². The van der Waals surface area contributed by atoms with Gasteiger partial charge in [0.25, 0.3) is 0 Å². The number of hydrogen-bond acceptors (Lipinski definition) is 3. The maximum atomic E-state index is 5.71. The summed E-state index contributed by atoms with van der Waals surface area (Å²) in [5.74, 6) is 0.386. The number of rotatable bonds is 0. The van der Waals surface area contributed by atoms with Crippen LogP contribution in [-0.2, 0) is 3.79 Å². The van der Waals surface area contributed by atoms with Crippen molar-refractivity contribution in [2.75, 3.05) is 5.73 Å². The van der Waals surface area contributed by atoms with Crippen LogP contribution >= 0.6 is 34.8 Å². The van der Waals surface area contributed by atoms with Crippen LogP contribution in [0.2, 0.25) is 0 Å². The first kappa shape index (κ1) is 10.7. The lowest BCUT2D eigenvalue weighted by molar-refractivity contribution is 1.10. The summed E-state index contributed by atoms with van der Waals surface area (Å²) in [4.78, 5) is 8.16. The molecule has 0 aliphatic heterocycles. The van der Waals surface area contributed by atoms with E-state index in [1.165, 1.54) is 0 Å². The van der Waals surface area contributed by atoms with Crippen LogP contribution in [0.1, 0.15) is 5.69 Å². The molecule has 0 bridgehead atoms. The van der Waals surface area contributed by atoms with Crippen molar-refractivity contribution in [2.24, 2.45) is 0 Å². The van der Waals surface area contributed by atoms with Gasteiger partial charge in [0.1, 0.15) is 5.82 Å². The molecule has 2 aromatic rings. The van der Waals surface area contributed by atoms with Crippen LogP contribution in [0.25, 0.3) is 11.0 Å². The summed E-state index contributed by atoms with van der Waals surface area (Å²) in [6.45, 7) is 0. The van der Waals surface area contributed by atoms with Crippen LogP contribution in [0.3, 0.4) is 0 Å². The molecule has 0 saturated heterocycles. The molecular formula is C9H6Cl3N3. The lowest BCUT2D eigenvalue weighted by atomic mass is 10.2. The van der Waals surface area contributed by atoms with Crippen molar-refractivity contribution in [3.8, 4) is 0 Å². The van der Waals surface area contributed by atoms with Crippen molar-refractivity contribution in [3.05, 3.63) is 30.0 Å². The molecule has 0 atom stereocenters. The molecule has 2 aromatic heterocycles. The maximum absolute atomic E-state index is 5.71. The normalized spacial score (nSPS) is 11.9. The summed E-state index contributed by atoms with van der Waals surface area (Å²) in [6, 6.07) is 6.94. The van der Waals surface area contributed by atoms with E-state index in [2.05, 4.69) is 9.97 Å². The van der Waals surface area contributed by atoms with Gasteiger partial charge >= 0.3 is 0 Å². The van der Waals surface area contributed by atoms with E-state index in [-0.39, 0.29) is 0 Å². The van der Waals surface area contributed by atoms with Crippen LogP contribution in [-0.4, -0.2) is 9.97 Å². The zero-order valence-electron chi connectivity index (χ0n) is 7.42. The standard InChI is InChI=1S/C9H6Cl3N3/c10-9(11,12)6-3-1-5-2-4-7(13)15-8(5)14-6/h1-4H,(H2,13,14,15). The van der Waals surface area contributed by atoms with E-state index >= 15 is 0 Å². The number of pyridine rings is 2. The number of alkyl halides is 3. The van der Waals surface area contributed by atoms with Crippen molar-refractivity contribution >= 4 is 51.7 Å². The van der Waals surface area contributed by atoms with Gasteiger partial charge in [-0.2, -0.15) is 0 Å².